The molecule has 45 heavy (non-hydrogen) atoms. The number of rotatable bonds is 11. The maximum absolute atomic E-state index is 12.4. The average molecular weight is 676 g/mol. The Labute approximate surface area is 251 Å². The Morgan fingerprint density at radius 2 is 1.44 bits per heavy atom. The van der Waals surface area contributed by atoms with Crippen LogP contribution in [0.15, 0.2) is 19.0 Å². The molecule has 0 spiro atoms. The molecule has 2 saturated heterocycles. The van der Waals surface area contributed by atoms with Gasteiger partial charge in [-0.05, 0) is 5.92 Å². The summed E-state index contributed by atoms with van der Waals surface area (Å²) in [5, 5.41) is 41.7. The van der Waals surface area contributed by atoms with Crippen molar-refractivity contribution in [3.05, 3.63) is 30.4 Å². The van der Waals surface area contributed by atoms with Gasteiger partial charge in [-0.3, -0.25) is 23.0 Å². The molecule has 6 unspecified atom stereocenters. The molecule has 244 valence electrons. The Kier molecular flexibility index (Phi) is 9.11. The van der Waals surface area contributed by atoms with Crippen LogP contribution in [0.3, 0.4) is 0 Å². The summed E-state index contributed by atoms with van der Waals surface area (Å²) in [5.74, 6) is 1.23. The molecular formula is C21H26N8O14P2. The number of carbonyl (C=O) groups is 1. The largest absolute Gasteiger partial charge is 0.481 e. The summed E-state index contributed by atoms with van der Waals surface area (Å²) in [4.78, 5) is 47.1. The normalized spacial score (nSPS) is 31.0. The lowest BCUT2D eigenvalue weighted by Gasteiger charge is -2.20. The van der Waals surface area contributed by atoms with Gasteiger partial charge in [-0.1, -0.05) is 0 Å². The van der Waals surface area contributed by atoms with E-state index in [1.807, 2.05) is 0 Å². The zero-order chi connectivity index (χ0) is 32.8. The van der Waals surface area contributed by atoms with Crippen molar-refractivity contribution in [2.24, 2.45) is 5.73 Å². The number of phosphoric ester groups is 2. The highest BCUT2D eigenvalue weighted by Crippen LogP contribution is 2.60. The minimum absolute atomic E-state index is 0.0423. The monoisotopic (exact) mass is 676 g/mol. The van der Waals surface area contributed by atoms with Crippen LogP contribution in [0.25, 0.3) is 11.2 Å². The number of phosphoric acid groups is 2. The minimum Gasteiger partial charge on any atom is -0.387 e. The third kappa shape index (κ3) is 6.49. The second-order valence-corrected chi connectivity index (χ2v) is 12.7. The Morgan fingerprint density at radius 3 is 1.98 bits per heavy atom. The van der Waals surface area contributed by atoms with E-state index < -0.39 is 83.8 Å². The van der Waals surface area contributed by atoms with E-state index in [1.165, 1.54) is 10.9 Å². The molecule has 10 atom stereocenters. The summed E-state index contributed by atoms with van der Waals surface area (Å²) in [7, 11) is -10.8. The molecule has 24 heteroatoms. The van der Waals surface area contributed by atoms with Crippen molar-refractivity contribution >= 4 is 38.5 Å². The SMILES string of the molecule is C#Cc1c(C(N)=O)ncn1[C@@H]1O[C@H](COP(=O)(O)OP(=O)(O)OC[C@H]2O[C@@H](n3cnc4c(N)ncnc43)C(O)C2O)C(O)C1O. The van der Waals surface area contributed by atoms with Crippen LogP contribution < -0.4 is 11.5 Å². The Morgan fingerprint density at radius 1 is 0.911 bits per heavy atom. The molecule has 3 aromatic heterocycles. The molecule has 0 aromatic carbocycles. The van der Waals surface area contributed by atoms with Crippen LogP contribution in [-0.2, 0) is 32.0 Å². The smallest absolute Gasteiger partial charge is 0.387 e. The molecule has 0 bridgehead atoms. The van der Waals surface area contributed by atoms with Crippen LogP contribution in [0.1, 0.15) is 28.6 Å². The number of imidazole rings is 2. The average Bonchev–Trinajstić information content (AvgIpc) is 3.72. The van der Waals surface area contributed by atoms with Crippen LogP contribution in [0, 0.1) is 12.3 Å². The number of anilines is 1. The number of terminal acetylenes is 1. The van der Waals surface area contributed by atoms with Crippen LogP contribution >= 0.6 is 15.6 Å². The summed E-state index contributed by atoms with van der Waals surface area (Å²) in [5.41, 5.74) is 10.8. The fraction of sp³-hybridized carbons (Fsp3) is 0.476. The van der Waals surface area contributed by atoms with Gasteiger partial charge in [0.25, 0.3) is 5.91 Å². The van der Waals surface area contributed by atoms with Gasteiger partial charge < -0.3 is 51.2 Å². The van der Waals surface area contributed by atoms with Gasteiger partial charge in [0.15, 0.2) is 29.6 Å². The fourth-order valence-corrected chi connectivity index (χ4v) is 6.73. The van der Waals surface area contributed by atoms with Crippen molar-refractivity contribution in [1.82, 2.24) is 29.1 Å². The highest BCUT2D eigenvalue weighted by Gasteiger charge is 2.48. The zero-order valence-corrected chi connectivity index (χ0v) is 24.3. The number of carbonyl (C=O) groups excluding carboxylic acids is 1. The maximum Gasteiger partial charge on any atom is 0.481 e. The minimum atomic E-state index is -5.42. The number of primary amides is 1. The van der Waals surface area contributed by atoms with Gasteiger partial charge in [0.05, 0.1) is 25.9 Å². The zero-order valence-electron chi connectivity index (χ0n) is 22.5. The summed E-state index contributed by atoms with van der Waals surface area (Å²) in [6.45, 7) is -1.88. The van der Waals surface area contributed by atoms with Crippen LogP contribution in [0.5, 0.6) is 0 Å². The molecule has 5 heterocycles. The second-order valence-electron chi connectivity index (χ2n) is 9.64. The van der Waals surface area contributed by atoms with Crippen LogP contribution in [0.4, 0.5) is 5.82 Å². The first-order valence-corrected chi connectivity index (χ1v) is 15.6. The van der Waals surface area contributed by atoms with Crippen molar-refractivity contribution in [2.75, 3.05) is 18.9 Å². The van der Waals surface area contributed by atoms with Crippen molar-refractivity contribution in [1.29, 1.82) is 0 Å². The van der Waals surface area contributed by atoms with E-state index >= 15 is 0 Å². The molecule has 0 radical (unpaired) electrons. The van der Waals surface area contributed by atoms with Gasteiger partial charge >= 0.3 is 15.6 Å². The van der Waals surface area contributed by atoms with Crippen molar-refractivity contribution in [3.63, 3.8) is 0 Å². The van der Waals surface area contributed by atoms with Gasteiger partial charge in [-0.15, -0.1) is 6.42 Å². The van der Waals surface area contributed by atoms with E-state index in [2.05, 4.69) is 34.7 Å². The number of fused-ring (bicyclic) bond motifs is 1. The van der Waals surface area contributed by atoms with Crippen molar-refractivity contribution in [2.45, 2.75) is 49.1 Å². The molecule has 2 aliphatic heterocycles. The lowest BCUT2D eigenvalue weighted by Crippen LogP contribution is -2.34. The van der Waals surface area contributed by atoms with Gasteiger partial charge in [0.2, 0.25) is 0 Å². The molecular weight excluding hydrogens is 650 g/mol. The fourth-order valence-electron chi connectivity index (χ4n) is 4.64. The van der Waals surface area contributed by atoms with Crippen molar-refractivity contribution in [3.8, 4) is 12.3 Å². The Hall–Kier alpha value is -3.39. The van der Waals surface area contributed by atoms with Gasteiger partial charge in [0.1, 0.15) is 54.2 Å². The van der Waals surface area contributed by atoms with Crippen LogP contribution in [0.2, 0.25) is 0 Å². The lowest BCUT2D eigenvalue weighted by atomic mass is 10.1. The van der Waals surface area contributed by atoms with Crippen molar-refractivity contribution < 1.29 is 67.0 Å². The van der Waals surface area contributed by atoms with E-state index in [0.717, 1.165) is 17.2 Å². The molecule has 3 aromatic rings. The highest BCUT2D eigenvalue weighted by molar-refractivity contribution is 7.61. The topological polar surface area (TPSA) is 332 Å². The number of ether oxygens (including phenoxy) is 2. The first-order valence-electron chi connectivity index (χ1n) is 12.6. The predicted octanol–water partition coefficient (Wildman–Crippen LogP) is -3.13. The van der Waals surface area contributed by atoms with Gasteiger partial charge in [0, 0.05) is 0 Å². The quantitative estimate of drug-likeness (QED) is 0.0735. The molecule has 2 aliphatic rings. The first kappa shape index (κ1) is 33.0. The van der Waals surface area contributed by atoms with Gasteiger partial charge in [-0.25, -0.2) is 29.1 Å². The first-order chi connectivity index (χ1) is 21.1. The number of nitrogen functional groups attached to an aromatic ring is 1. The molecule has 22 nitrogen and oxygen atoms in total. The molecule has 0 saturated carbocycles. The molecule has 5 rings (SSSR count). The third-order valence-electron chi connectivity index (χ3n) is 6.78. The number of hydrogen-bond donors (Lipinski definition) is 8. The summed E-state index contributed by atoms with van der Waals surface area (Å²) in [6, 6.07) is 0. The number of aromatic nitrogens is 6. The van der Waals surface area contributed by atoms with E-state index in [1.54, 1.807) is 0 Å². The number of aliphatic hydroxyl groups is 4. The second kappa shape index (κ2) is 12.4. The number of nitrogens with two attached hydrogens (primary N) is 2. The summed E-state index contributed by atoms with van der Waals surface area (Å²) >= 11 is 0. The lowest BCUT2D eigenvalue weighted by molar-refractivity contribution is -0.0542. The molecule has 2 fully saturated rings. The molecule has 10 N–H and O–H groups in total. The number of hydrogen-bond acceptors (Lipinski definition) is 17. The standard InChI is InChI=1S/C21H26N8O14P2/c1-2-8-11(18(23)34)26-6-28(8)20-15(32)13(30)9(41-20)3-39-44(35,36)43-45(37,38)40-4-10-14(31)16(33)21(42-10)29-7-27-12-17(22)24-5-25-19(12)29/h1,5-7,9-10,13-16,20-21,30-33H,3-4H2,(H2,23,34)(H,35,36)(H,37,38)(H2,22,24,25)/t9-,10-,13?,14?,15?,16?,20-,21-/m1/s1. The van der Waals surface area contributed by atoms with Crippen LogP contribution in [-0.4, -0.2) is 115 Å². The maximum atomic E-state index is 12.4. The van der Waals surface area contributed by atoms with E-state index in [-0.39, 0.29) is 28.4 Å². The van der Waals surface area contributed by atoms with E-state index in [4.69, 9.17) is 31.9 Å². The number of nitrogens with zero attached hydrogens (tertiary/aromatic N) is 6. The predicted molar refractivity (Wildman–Crippen MR) is 143 cm³/mol. The Balaban J connectivity index is 1.17. The third-order valence-corrected chi connectivity index (χ3v) is 9.39. The number of aliphatic hydroxyl groups excluding tert-OH is 4. The van der Waals surface area contributed by atoms with E-state index in [9.17, 15) is 44.1 Å². The molecule has 1 amide bonds. The Bertz CT molecular complexity index is 1730. The molecule has 0 aliphatic carbocycles. The summed E-state index contributed by atoms with van der Waals surface area (Å²) in [6.07, 6.45) is -3.65. The van der Waals surface area contributed by atoms with Gasteiger partial charge in [-0.2, -0.15) is 4.31 Å². The van der Waals surface area contributed by atoms with E-state index in [0.29, 0.717) is 0 Å². The highest BCUT2D eigenvalue weighted by atomic mass is 31.3. The number of amides is 1. The summed E-state index contributed by atoms with van der Waals surface area (Å²) < 4.78 is 51.8.